The molecule has 2 aliphatic rings. The molecule has 2 unspecified atom stereocenters. The molecule has 0 bridgehead atoms. The molecule has 2 N–H and O–H groups in total. The summed E-state index contributed by atoms with van der Waals surface area (Å²) in [6.45, 7) is 3.80. The van der Waals surface area contributed by atoms with E-state index in [0.29, 0.717) is 5.75 Å². The zero-order chi connectivity index (χ0) is 17.2. The summed E-state index contributed by atoms with van der Waals surface area (Å²) in [5.41, 5.74) is 8.62. The number of hydrogen-bond acceptors (Lipinski definition) is 3. The van der Waals surface area contributed by atoms with Crippen LogP contribution in [0.15, 0.2) is 60.3 Å². The minimum Gasteiger partial charge on any atom is -0.369 e. The zero-order valence-electron chi connectivity index (χ0n) is 13.8. The second kappa shape index (κ2) is 6.77. The predicted octanol–water partition coefficient (Wildman–Crippen LogP) is 2.25. The van der Waals surface area contributed by atoms with Crippen LogP contribution in [0.1, 0.15) is 18.1 Å². The SMILES string of the molecule is CC1(CS(=O)CC(N)=O)C=CC=CC(N2Cc3ccccc3C2)=C1. The van der Waals surface area contributed by atoms with Gasteiger partial charge in [0.05, 0.1) is 0 Å². The highest BCUT2D eigenvalue weighted by atomic mass is 32.2. The van der Waals surface area contributed by atoms with Gasteiger partial charge in [-0.3, -0.25) is 9.00 Å². The van der Waals surface area contributed by atoms with Crippen LogP contribution < -0.4 is 5.73 Å². The molecule has 1 aliphatic carbocycles. The first kappa shape index (κ1) is 16.7. The van der Waals surface area contributed by atoms with E-state index in [9.17, 15) is 9.00 Å². The maximum atomic E-state index is 12.2. The molecule has 4 nitrogen and oxygen atoms in total. The van der Waals surface area contributed by atoms with Gasteiger partial charge in [0.1, 0.15) is 5.75 Å². The van der Waals surface area contributed by atoms with Crippen LogP contribution in [0.25, 0.3) is 0 Å². The summed E-state index contributed by atoms with van der Waals surface area (Å²) < 4.78 is 12.2. The number of nitrogens with two attached hydrogens (primary N) is 1. The lowest BCUT2D eigenvalue weighted by atomic mass is 9.92. The molecule has 2 atom stereocenters. The van der Waals surface area contributed by atoms with Crippen LogP contribution in [0.3, 0.4) is 0 Å². The molecule has 1 heterocycles. The van der Waals surface area contributed by atoms with Gasteiger partial charge in [0.15, 0.2) is 0 Å². The molecule has 0 aromatic heterocycles. The minimum absolute atomic E-state index is 0.0881. The lowest BCUT2D eigenvalue weighted by Crippen LogP contribution is -2.28. The second-order valence-corrected chi connectivity index (χ2v) is 8.07. The molecule has 0 spiro atoms. The summed E-state index contributed by atoms with van der Waals surface area (Å²) >= 11 is 0. The zero-order valence-corrected chi connectivity index (χ0v) is 14.6. The molecule has 0 saturated carbocycles. The van der Waals surface area contributed by atoms with Crippen LogP contribution in [-0.2, 0) is 28.7 Å². The standard InChI is InChI=1S/C19H22N2O2S/c1-19(14-24(23)13-18(20)22)9-5-4-8-17(10-19)21-11-15-6-2-3-7-16(15)12-21/h2-10H,11-14H2,1H3,(H2,20,22). The molecule has 126 valence electrons. The van der Waals surface area contributed by atoms with Crippen molar-refractivity contribution < 1.29 is 9.00 Å². The van der Waals surface area contributed by atoms with E-state index < -0.39 is 16.7 Å². The van der Waals surface area contributed by atoms with Crippen LogP contribution in [-0.4, -0.2) is 26.5 Å². The van der Waals surface area contributed by atoms with E-state index in [1.54, 1.807) is 0 Å². The van der Waals surface area contributed by atoms with Gasteiger partial charge < -0.3 is 10.6 Å². The number of nitrogens with zero attached hydrogens (tertiary/aromatic N) is 1. The van der Waals surface area contributed by atoms with Crippen LogP contribution in [0.4, 0.5) is 0 Å². The predicted molar refractivity (Wildman–Crippen MR) is 97.2 cm³/mol. The molecule has 0 fully saturated rings. The molecular formula is C19H22N2O2S. The maximum absolute atomic E-state index is 12.2. The van der Waals surface area contributed by atoms with Gasteiger partial charge in [-0.25, -0.2) is 0 Å². The van der Waals surface area contributed by atoms with E-state index >= 15 is 0 Å². The van der Waals surface area contributed by atoms with Crippen molar-refractivity contribution in [2.45, 2.75) is 20.0 Å². The Bertz CT molecular complexity index is 741. The Morgan fingerprint density at radius 2 is 1.92 bits per heavy atom. The summed E-state index contributed by atoms with van der Waals surface area (Å²) in [5.74, 6) is -0.222. The fraction of sp³-hybridized carbons (Fsp3) is 0.316. The molecule has 1 aromatic rings. The molecule has 0 radical (unpaired) electrons. The molecule has 1 aromatic carbocycles. The first-order valence-electron chi connectivity index (χ1n) is 7.99. The summed E-state index contributed by atoms with van der Waals surface area (Å²) in [6.07, 6.45) is 10.3. The van der Waals surface area contributed by atoms with E-state index in [2.05, 4.69) is 41.3 Å². The molecule has 5 heteroatoms. The Kier molecular flexibility index (Phi) is 4.71. The number of primary amides is 1. The third-order valence-corrected chi connectivity index (χ3v) is 5.86. The van der Waals surface area contributed by atoms with Crippen molar-refractivity contribution >= 4 is 16.7 Å². The second-order valence-electron chi connectivity index (χ2n) is 6.61. The van der Waals surface area contributed by atoms with Crippen molar-refractivity contribution in [3.05, 3.63) is 71.5 Å². The van der Waals surface area contributed by atoms with Crippen molar-refractivity contribution in [2.24, 2.45) is 11.1 Å². The van der Waals surface area contributed by atoms with E-state index in [1.807, 2.05) is 25.2 Å². The highest BCUT2D eigenvalue weighted by molar-refractivity contribution is 7.85. The smallest absolute Gasteiger partial charge is 0.230 e. The number of fused-ring (bicyclic) bond motifs is 1. The highest BCUT2D eigenvalue weighted by Crippen LogP contribution is 2.32. The third kappa shape index (κ3) is 3.85. The first-order chi connectivity index (χ1) is 11.5. The van der Waals surface area contributed by atoms with Gasteiger partial charge in [-0.2, -0.15) is 0 Å². The van der Waals surface area contributed by atoms with Gasteiger partial charge in [0.25, 0.3) is 0 Å². The average Bonchev–Trinajstić information content (AvgIpc) is 2.84. The van der Waals surface area contributed by atoms with Gasteiger partial charge >= 0.3 is 0 Å². The van der Waals surface area contributed by atoms with Gasteiger partial charge in [-0.15, -0.1) is 0 Å². The maximum Gasteiger partial charge on any atom is 0.230 e. The van der Waals surface area contributed by atoms with Crippen molar-refractivity contribution in [2.75, 3.05) is 11.5 Å². The Hall–Kier alpha value is -2.14. The molecule has 1 amide bonds. The Morgan fingerprint density at radius 3 is 2.54 bits per heavy atom. The largest absolute Gasteiger partial charge is 0.369 e. The van der Waals surface area contributed by atoms with Gasteiger partial charge in [0.2, 0.25) is 5.91 Å². The lowest BCUT2D eigenvalue weighted by Gasteiger charge is -2.25. The lowest BCUT2D eigenvalue weighted by molar-refractivity contribution is -0.115. The summed E-state index contributed by atoms with van der Waals surface area (Å²) in [6, 6.07) is 8.46. The monoisotopic (exact) mass is 342 g/mol. The topological polar surface area (TPSA) is 63.4 Å². The van der Waals surface area contributed by atoms with E-state index in [0.717, 1.165) is 18.8 Å². The van der Waals surface area contributed by atoms with Crippen LogP contribution in [0.5, 0.6) is 0 Å². The summed E-state index contributed by atoms with van der Waals surface area (Å²) in [7, 11) is -1.27. The summed E-state index contributed by atoms with van der Waals surface area (Å²) in [5, 5.41) is 0. The molecular weight excluding hydrogens is 320 g/mol. The number of carbonyl (C=O) groups excluding carboxylic acids is 1. The number of allylic oxidation sites excluding steroid dienone is 5. The number of carbonyl (C=O) groups is 1. The highest BCUT2D eigenvalue weighted by Gasteiger charge is 2.27. The van der Waals surface area contributed by atoms with E-state index in [1.165, 1.54) is 11.1 Å². The van der Waals surface area contributed by atoms with Gasteiger partial charge in [-0.1, -0.05) is 55.5 Å². The molecule has 24 heavy (non-hydrogen) atoms. The number of rotatable bonds is 5. The third-order valence-electron chi connectivity index (χ3n) is 4.31. The minimum atomic E-state index is -1.27. The molecule has 0 saturated heterocycles. The van der Waals surface area contributed by atoms with Crippen molar-refractivity contribution in [3.8, 4) is 0 Å². The van der Waals surface area contributed by atoms with Gasteiger partial charge in [-0.05, 0) is 17.2 Å². The van der Waals surface area contributed by atoms with Crippen molar-refractivity contribution in [1.82, 2.24) is 4.90 Å². The van der Waals surface area contributed by atoms with Crippen LogP contribution >= 0.6 is 0 Å². The number of benzene rings is 1. The van der Waals surface area contributed by atoms with Crippen LogP contribution in [0.2, 0.25) is 0 Å². The number of hydrogen-bond donors (Lipinski definition) is 1. The molecule has 3 rings (SSSR count). The normalized spacial score (nSPS) is 23.5. The Labute approximate surface area is 145 Å². The van der Waals surface area contributed by atoms with E-state index in [-0.39, 0.29) is 11.2 Å². The van der Waals surface area contributed by atoms with Crippen molar-refractivity contribution in [1.29, 1.82) is 0 Å². The van der Waals surface area contributed by atoms with Gasteiger partial charge in [0, 0.05) is 40.8 Å². The quantitative estimate of drug-likeness (QED) is 0.893. The fourth-order valence-corrected chi connectivity index (χ4v) is 4.52. The first-order valence-corrected chi connectivity index (χ1v) is 9.48. The van der Waals surface area contributed by atoms with E-state index in [4.69, 9.17) is 5.73 Å². The number of amides is 1. The Balaban J connectivity index is 1.79. The van der Waals surface area contributed by atoms with Crippen molar-refractivity contribution in [3.63, 3.8) is 0 Å². The molecule has 1 aliphatic heterocycles. The Morgan fingerprint density at radius 1 is 1.25 bits per heavy atom. The van der Waals surface area contributed by atoms with Crippen LogP contribution in [0, 0.1) is 5.41 Å². The fourth-order valence-electron chi connectivity index (χ4n) is 3.22. The average molecular weight is 342 g/mol. The summed E-state index contributed by atoms with van der Waals surface area (Å²) in [4.78, 5) is 13.3.